The van der Waals surface area contributed by atoms with Crippen LogP contribution in [0.5, 0.6) is 5.75 Å². The van der Waals surface area contributed by atoms with Crippen molar-refractivity contribution in [2.75, 3.05) is 0 Å². The molecule has 3 rings (SSSR count). The van der Waals surface area contributed by atoms with Gasteiger partial charge in [0.2, 0.25) is 0 Å². The van der Waals surface area contributed by atoms with Gasteiger partial charge in [0.15, 0.2) is 0 Å². The predicted molar refractivity (Wildman–Crippen MR) is 73.9 cm³/mol. The highest BCUT2D eigenvalue weighted by Gasteiger charge is 2.29. The molecule has 0 bridgehead atoms. The summed E-state index contributed by atoms with van der Waals surface area (Å²) in [7, 11) is 0. The number of halogens is 3. The zero-order valence-electron chi connectivity index (χ0n) is 11.2. The van der Waals surface area contributed by atoms with E-state index in [0.717, 1.165) is 18.2 Å². The Labute approximate surface area is 122 Å². The van der Waals surface area contributed by atoms with E-state index in [1.165, 1.54) is 21.3 Å². The first-order valence-electron chi connectivity index (χ1n) is 6.42. The molecule has 0 aliphatic carbocycles. The van der Waals surface area contributed by atoms with Crippen molar-refractivity contribution in [2.24, 2.45) is 0 Å². The summed E-state index contributed by atoms with van der Waals surface area (Å²) in [6.45, 7) is 0.0996. The third-order valence-electron chi connectivity index (χ3n) is 3.38. The molecular weight excluding hydrogens is 297 g/mol. The van der Waals surface area contributed by atoms with E-state index in [0.29, 0.717) is 11.1 Å². The molecule has 0 atom stereocenters. The van der Waals surface area contributed by atoms with Gasteiger partial charge in [-0.15, -0.1) is 0 Å². The Morgan fingerprint density at radius 1 is 1.09 bits per heavy atom. The van der Waals surface area contributed by atoms with Crippen molar-refractivity contribution in [3.8, 4) is 5.75 Å². The van der Waals surface area contributed by atoms with Crippen LogP contribution in [0.15, 0.2) is 53.5 Å². The molecule has 0 radical (unpaired) electrons. The molecule has 0 fully saturated rings. The molecule has 114 valence electrons. The molecule has 3 aromatic rings. The van der Waals surface area contributed by atoms with Crippen molar-refractivity contribution < 1.29 is 18.3 Å². The number of alkyl halides is 3. The van der Waals surface area contributed by atoms with Crippen LogP contribution in [0.2, 0.25) is 0 Å². The SMILES string of the molecule is O=c1cc(O)c2cccn2n1Cc1ccc(C(F)(F)F)cc1. The molecule has 0 aliphatic heterocycles. The number of fused-ring (bicyclic) bond motifs is 1. The summed E-state index contributed by atoms with van der Waals surface area (Å²) in [4.78, 5) is 12.0. The summed E-state index contributed by atoms with van der Waals surface area (Å²) in [5.74, 6) is -0.140. The van der Waals surface area contributed by atoms with Crippen LogP contribution >= 0.6 is 0 Å². The van der Waals surface area contributed by atoms with E-state index in [9.17, 15) is 23.1 Å². The van der Waals surface area contributed by atoms with Crippen molar-refractivity contribution in [3.63, 3.8) is 0 Å². The summed E-state index contributed by atoms with van der Waals surface area (Å²) >= 11 is 0. The number of hydrogen-bond acceptors (Lipinski definition) is 2. The molecule has 0 amide bonds. The van der Waals surface area contributed by atoms with Crippen LogP contribution in [-0.2, 0) is 12.7 Å². The highest BCUT2D eigenvalue weighted by Crippen LogP contribution is 2.29. The van der Waals surface area contributed by atoms with E-state index >= 15 is 0 Å². The number of rotatable bonds is 2. The first-order chi connectivity index (χ1) is 10.4. The Kier molecular flexibility index (Phi) is 3.20. The molecule has 2 aromatic heterocycles. The lowest BCUT2D eigenvalue weighted by Crippen LogP contribution is -2.25. The highest BCUT2D eigenvalue weighted by atomic mass is 19.4. The van der Waals surface area contributed by atoms with Crippen LogP contribution in [0.3, 0.4) is 0 Å². The molecule has 1 aromatic carbocycles. The van der Waals surface area contributed by atoms with Crippen LogP contribution in [0, 0.1) is 0 Å². The summed E-state index contributed by atoms with van der Waals surface area (Å²) in [6, 6.07) is 9.01. The fourth-order valence-electron chi connectivity index (χ4n) is 2.28. The quantitative estimate of drug-likeness (QED) is 0.791. The minimum absolute atomic E-state index is 0.0996. The molecule has 0 saturated heterocycles. The monoisotopic (exact) mass is 308 g/mol. The lowest BCUT2D eigenvalue weighted by molar-refractivity contribution is -0.137. The van der Waals surface area contributed by atoms with Crippen molar-refractivity contribution in [3.05, 3.63) is 70.1 Å². The normalized spacial score (nSPS) is 12.0. The van der Waals surface area contributed by atoms with Gasteiger partial charge in [0.25, 0.3) is 5.56 Å². The van der Waals surface area contributed by atoms with Gasteiger partial charge in [-0.2, -0.15) is 13.2 Å². The average Bonchev–Trinajstić information content (AvgIpc) is 2.93. The summed E-state index contributed by atoms with van der Waals surface area (Å²) < 4.78 is 40.4. The highest BCUT2D eigenvalue weighted by molar-refractivity contribution is 5.58. The minimum atomic E-state index is -4.39. The largest absolute Gasteiger partial charge is 0.505 e. The van der Waals surface area contributed by atoms with Gasteiger partial charge in [-0.1, -0.05) is 12.1 Å². The van der Waals surface area contributed by atoms with Crippen molar-refractivity contribution in [1.82, 2.24) is 9.20 Å². The Bertz CT molecular complexity index is 876. The standard InChI is InChI=1S/C15H11F3N2O2/c16-15(17,18)11-5-3-10(4-6-11)9-20-14(22)8-13(21)12-2-1-7-19(12)20/h1-8,21H,9H2. The summed E-state index contributed by atoms with van der Waals surface area (Å²) in [5.41, 5.74) is -0.177. The zero-order valence-corrected chi connectivity index (χ0v) is 11.2. The number of hydrogen-bond donors (Lipinski definition) is 1. The van der Waals surface area contributed by atoms with E-state index in [-0.39, 0.29) is 12.3 Å². The maximum absolute atomic E-state index is 12.5. The smallest absolute Gasteiger partial charge is 0.416 e. The van der Waals surface area contributed by atoms with E-state index < -0.39 is 17.3 Å². The van der Waals surface area contributed by atoms with E-state index in [1.807, 2.05) is 0 Å². The van der Waals surface area contributed by atoms with Gasteiger partial charge in [-0.25, -0.2) is 4.68 Å². The van der Waals surface area contributed by atoms with Crippen LogP contribution in [0.25, 0.3) is 5.52 Å². The molecule has 0 unspecified atom stereocenters. The average molecular weight is 308 g/mol. The number of aromatic nitrogens is 2. The molecule has 2 heterocycles. The second-order valence-electron chi connectivity index (χ2n) is 4.86. The number of nitrogens with zero attached hydrogens (tertiary/aromatic N) is 2. The molecule has 1 N–H and O–H groups in total. The maximum Gasteiger partial charge on any atom is 0.416 e. The Hall–Kier alpha value is -2.70. The molecule has 0 saturated carbocycles. The molecule has 22 heavy (non-hydrogen) atoms. The molecule has 4 nitrogen and oxygen atoms in total. The van der Waals surface area contributed by atoms with Gasteiger partial charge in [-0.05, 0) is 29.8 Å². The van der Waals surface area contributed by atoms with E-state index in [4.69, 9.17) is 0 Å². The minimum Gasteiger partial charge on any atom is -0.505 e. The van der Waals surface area contributed by atoms with Gasteiger partial charge in [0.1, 0.15) is 11.3 Å². The van der Waals surface area contributed by atoms with Crippen LogP contribution in [0.1, 0.15) is 11.1 Å². The van der Waals surface area contributed by atoms with Crippen molar-refractivity contribution in [2.45, 2.75) is 12.7 Å². The van der Waals surface area contributed by atoms with Crippen molar-refractivity contribution in [1.29, 1.82) is 0 Å². The predicted octanol–water partition coefficient (Wildman–Crippen LogP) is 2.87. The van der Waals surface area contributed by atoms with Gasteiger partial charge < -0.3 is 5.11 Å². The maximum atomic E-state index is 12.5. The first-order valence-corrected chi connectivity index (χ1v) is 6.42. The van der Waals surface area contributed by atoms with Crippen LogP contribution in [0.4, 0.5) is 13.2 Å². The van der Waals surface area contributed by atoms with Gasteiger partial charge >= 0.3 is 6.18 Å². The lowest BCUT2D eigenvalue weighted by Gasteiger charge is -2.12. The topological polar surface area (TPSA) is 46.6 Å². The van der Waals surface area contributed by atoms with Crippen LogP contribution < -0.4 is 5.56 Å². The van der Waals surface area contributed by atoms with Gasteiger partial charge in [0, 0.05) is 12.3 Å². The molecule has 0 aliphatic rings. The van der Waals surface area contributed by atoms with Crippen LogP contribution in [-0.4, -0.2) is 14.3 Å². The van der Waals surface area contributed by atoms with E-state index in [2.05, 4.69) is 0 Å². The molecule has 7 heteroatoms. The van der Waals surface area contributed by atoms with Gasteiger partial charge in [0.05, 0.1) is 12.1 Å². The Balaban J connectivity index is 2.00. The Morgan fingerprint density at radius 3 is 2.41 bits per heavy atom. The molecular formula is C15H11F3N2O2. The Morgan fingerprint density at radius 2 is 1.77 bits per heavy atom. The molecule has 0 spiro atoms. The lowest BCUT2D eigenvalue weighted by atomic mass is 10.1. The summed E-state index contributed by atoms with van der Waals surface area (Å²) in [6.07, 6.45) is -2.79. The third-order valence-corrected chi connectivity index (χ3v) is 3.38. The summed E-state index contributed by atoms with van der Waals surface area (Å²) in [5, 5.41) is 9.70. The van der Waals surface area contributed by atoms with Crippen molar-refractivity contribution >= 4 is 5.52 Å². The number of benzene rings is 1. The first kappa shape index (κ1) is 14.2. The fourth-order valence-corrected chi connectivity index (χ4v) is 2.28. The third kappa shape index (κ3) is 2.45. The second-order valence-corrected chi connectivity index (χ2v) is 4.86. The number of aromatic hydroxyl groups is 1. The van der Waals surface area contributed by atoms with E-state index in [1.54, 1.807) is 18.3 Å². The second kappa shape index (κ2) is 4.94. The fraction of sp³-hybridized carbons (Fsp3) is 0.133. The van der Waals surface area contributed by atoms with Gasteiger partial charge in [-0.3, -0.25) is 9.31 Å². The zero-order chi connectivity index (χ0) is 15.9.